The summed E-state index contributed by atoms with van der Waals surface area (Å²) in [6.07, 6.45) is 0. The van der Waals surface area contributed by atoms with Gasteiger partial charge in [-0.1, -0.05) is 0 Å². The number of nitrogens with two attached hydrogens (primary N) is 1. The smallest absolute Gasteiger partial charge is 0.244 e. The fraction of sp³-hybridized carbons (Fsp3) is 0.167. The van der Waals surface area contributed by atoms with E-state index in [-0.39, 0.29) is 0 Å². The minimum absolute atomic E-state index is 0.531. The van der Waals surface area contributed by atoms with Gasteiger partial charge >= 0.3 is 0 Å². The Labute approximate surface area is 119 Å². The van der Waals surface area contributed by atoms with Gasteiger partial charge in [0.05, 0.1) is 0 Å². The van der Waals surface area contributed by atoms with Crippen molar-refractivity contribution in [2.45, 2.75) is 17.9 Å². The Morgan fingerprint density at radius 3 is 2.60 bits per heavy atom. The lowest BCUT2D eigenvalue weighted by Gasteiger charge is -2.14. The highest BCUT2D eigenvalue weighted by atomic mass is 32.2. The van der Waals surface area contributed by atoms with E-state index in [1.54, 1.807) is 23.8 Å². The molecule has 0 aliphatic carbocycles. The molecule has 8 heteroatoms. The topological polar surface area (TPSA) is 72.2 Å². The van der Waals surface area contributed by atoms with E-state index >= 15 is 0 Å². The molecule has 1 atom stereocenters. The number of benzene rings is 1. The highest BCUT2D eigenvalue weighted by Gasteiger charge is 2.24. The average Bonchev–Trinajstić information content (AvgIpc) is 2.89. The van der Waals surface area contributed by atoms with Crippen LogP contribution in [0.2, 0.25) is 0 Å². The molecule has 0 saturated heterocycles. The third-order valence-corrected chi connectivity index (χ3v) is 5.02. The first-order valence-electron chi connectivity index (χ1n) is 5.61. The van der Waals surface area contributed by atoms with Crippen LogP contribution in [-0.2, 0) is 10.0 Å². The molecule has 4 nitrogen and oxygen atoms in total. The molecule has 0 aliphatic rings. The van der Waals surface area contributed by atoms with Crippen LogP contribution in [-0.4, -0.2) is 8.42 Å². The Hall–Kier alpha value is -1.51. The fourth-order valence-electron chi connectivity index (χ4n) is 1.64. The van der Waals surface area contributed by atoms with Crippen molar-refractivity contribution in [1.29, 1.82) is 0 Å². The Morgan fingerprint density at radius 2 is 2.00 bits per heavy atom. The van der Waals surface area contributed by atoms with Crippen molar-refractivity contribution >= 4 is 27.0 Å². The van der Waals surface area contributed by atoms with Gasteiger partial charge < -0.3 is 5.73 Å². The summed E-state index contributed by atoms with van der Waals surface area (Å²) >= 11 is 1.42. The maximum absolute atomic E-state index is 13.8. The number of thiophene rings is 1. The van der Waals surface area contributed by atoms with Gasteiger partial charge in [0.25, 0.3) is 0 Å². The van der Waals surface area contributed by atoms with Crippen molar-refractivity contribution in [3.8, 4) is 0 Å². The second-order valence-corrected chi connectivity index (χ2v) is 6.64. The maximum atomic E-state index is 13.8. The fourth-order valence-corrected chi connectivity index (χ4v) is 3.72. The van der Waals surface area contributed by atoms with Crippen LogP contribution >= 0.6 is 11.3 Å². The zero-order valence-electron chi connectivity index (χ0n) is 10.4. The molecule has 0 saturated carbocycles. The van der Waals surface area contributed by atoms with Crippen molar-refractivity contribution in [1.82, 2.24) is 4.72 Å². The molecule has 2 aromatic rings. The zero-order chi connectivity index (χ0) is 14.9. The van der Waals surface area contributed by atoms with Gasteiger partial charge in [-0.3, -0.25) is 0 Å². The van der Waals surface area contributed by atoms with E-state index in [4.69, 9.17) is 5.73 Å². The molecular weight excluding hydrogens is 306 g/mol. The number of anilines is 1. The second kappa shape index (κ2) is 5.47. The van der Waals surface area contributed by atoms with Crippen LogP contribution in [0.3, 0.4) is 0 Å². The Kier molecular flexibility index (Phi) is 4.07. The number of hydrogen-bond acceptors (Lipinski definition) is 4. The summed E-state index contributed by atoms with van der Waals surface area (Å²) in [7, 11) is -4.12. The Balaban J connectivity index is 2.34. The molecule has 108 valence electrons. The number of rotatable bonds is 4. The Morgan fingerprint density at radius 1 is 1.30 bits per heavy atom. The van der Waals surface area contributed by atoms with E-state index in [1.807, 2.05) is 0 Å². The first-order chi connectivity index (χ1) is 9.33. The van der Waals surface area contributed by atoms with Crippen LogP contribution in [0, 0.1) is 11.6 Å². The third-order valence-electron chi connectivity index (χ3n) is 2.76. The largest absolute Gasteiger partial charge is 0.394 e. The molecular formula is C12H12F2N2O2S2. The molecule has 1 unspecified atom stereocenters. The molecule has 0 aliphatic heterocycles. The highest BCUT2D eigenvalue weighted by Crippen LogP contribution is 2.24. The van der Waals surface area contributed by atoms with Gasteiger partial charge in [0.2, 0.25) is 10.0 Å². The Bertz CT molecular complexity index is 715. The van der Waals surface area contributed by atoms with Gasteiger partial charge in [0, 0.05) is 6.04 Å². The summed E-state index contributed by atoms with van der Waals surface area (Å²) in [5.74, 6) is -2.28. The van der Waals surface area contributed by atoms with E-state index < -0.39 is 38.3 Å². The van der Waals surface area contributed by atoms with Gasteiger partial charge in [0.15, 0.2) is 5.82 Å². The third kappa shape index (κ3) is 2.82. The zero-order valence-corrected chi connectivity index (χ0v) is 12.1. The number of halogens is 2. The monoisotopic (exact) mass is 318 g/mol. The summed E-state index contributed by atoms with van der Waals surface area (Å²) in [5, 5.41) is 3.58. The van der Waals surface area contributed by atoms with E-state index in [2.05, 4.69) is 4.72 Å². The lowest BCUT2D eigenvalue weighted by Crippen LogP contribution is -2.27. The molecule has 1 heterocycles. The van der Waals surface area contributed by atoms with Crippen LogP contribution in [0.25, 0.3) is 0 Å². The molecule has 2 rings (SSSR count). The van der Waals surface area contributed by atoms with Crippen molar-refractivity contribution in [2.75, 3.05) is 5.73 Å². The van der Waals surface area contributed by atoms with E-state index in [9.17, 15) is 17.2 Å². The summed E-state index contributed by atoms with van der Waals surface area (Å²) in [6, 6.07) is 2.90. The number of hydrogen-bond donors (Lipinski definition) is 2. The molecule has 0 fully saturated rings. The predicted molar refractivity (Wildman–Crippen MR) is 73.8 cm³/mol. The maximum Gasteiger partial charge on any atom is 0.244 e. The summed E-state index contributed by atoms with van der Waals surface area (Å²) < 4.78 is 53.3. The van der Waals surface area contributed by atoms with Crippen molar-refractivity contribution in [3.63, 3.8) is 0 Å². The van der Waals surface area contributed by atoms with Gasteiger partial charge in [-0.15, -0.1) is 0 Å². The van der Waals surface area contributed by atoms with Crippen molar-refractivity contribution in [3.05, 3.63) is 46.2 Å². The summed E-state index contributed by atoms with van der Waals surface area (Å²) in [6.45, 7) is 1.63. The quantitative estimate of drug-likeness (QED) is 0.851. The van der Waals surface area contributed by atoms with Crippen LogP contribution < -0.4 is 10.5 Å². The standard InChI is InChI=1S/C12H12F2N2O2S2/c1-7(8-4-5-19-6-8)16-20(17,18)10-3-2-9(13)12(15)11(10)14/h2-7,16H,15H2,1H3. The molecule has 3 N–H and O–H groups in total. The van der Waals surface area contributed by atoms with Gasteiger partial charge in [-0.2, -0.15) is 11.3 Å². The number of nitrogens with one attached hydrogen (secondary N) is 1. The van der Waals surface area contributed by atoms with E-state index in [0.717, 1.165) is 17.7 Å². The SMILES string of the molecule is CC(NS(=O)(=O)c1ccc(F)c(N)c1F)c1ccsc1. The molecule has 0 amide bonds. The van der Waals surface area contributed by atoms with Crippen LogP contribution in [0.4, 0.5) is 14.5 Å². The first-order valence-corrected chi connectivity index (χ1v) is 8.03. The van der Waals surface area contributed by atoms with E-state index in [0.29, 0.717) is 0 Å². The van der Waals surface area contributed by atoms with Gasteiger partial charge in [-0.25, -0.2) is 21.9 Å². The summed E-state index contributed by atoms with van der Waals surface area (Å²) in [4.78, 5) is -0.668. The lowest BCUT2D eigenvalue weighted by molar-refractivity contribution is 0.540. The predicted octanol–water partition coefficient (Wildman–Crippen LogP) is 2.65. The molecule has 0 bridgehead atoms. The molecule has 0 spiro atoms. The minimum atomic E-state index is -4.12. The molecule has 20 heavy (non-hydrogen) atoms. The molecule has 1 aromatic carbocycles. The normalized spacial score (nSPS) is 13.3. The minimum Gasteiger partial charge on any atom is -0.394 e. The number of nitrogen functional groups attached to an aromatic ring is 1. The van der Waals surface area contributed by atoms with Crippen molar-refractivity contribution in [2.24, 2.45) is 0 Å². The van der Waals surface area contributed by atoms with Crippen LogP contribution in [0.15, 0.2) is 33.9 Å². The second-order valence-electron chi connectivity index (χ2n) is 4.17. The van der Waals surface area contributed by atoms with Crippen LogP contribution in [0.1, 0.15) is 18.5 Å². The number of sulfonamides is 1. The van der Waals surface area contributed by atoms with Gasteiger partial charge in [0.1, 0.15) is 16.4 Å². The molecule has 1 aromatic heterocycles. The van der Waals surface area contributed by atoms with Crippen LogP contribution in [0.5, 0.6) is 0 Å². The average molecular weight is 318 g/mol. The highest BCUT2D eigenvalue weighted by molar-refractivity contribution is 7.89. The van der Waals surface area contributed by atoms with Gasteiger partial charge in [-0.05, 0) is 41.4 Å². The van der Waals surface area contributed by atoms with Crippen molar-refractivity contribution < 1.29 is 17.2 Å². The molecule has 0 radical (unpaired) electrons. The lowest BCUT2D eigenvalue weighted by atomic mass is 10.2. The summed E-state index contributed by atoms with van der Waals surface area (Å²) in [5.41, 5.74) is 5.11. The van der Waals surface area contributed by atoms with E-state index in [1.165, 1.54) is 11.3 Å². The first kappa shape index (κ1) is 14.9.